The highest BCUT2D eigenvalue weighted by atomic mass is 35.5. The van der Waals surface area contributed by atoms with Gasteiger partial charge < -0.3 is 14.6 Å². The molecule has 0 aliphatic carbocycles. The van der Waals surface area contributed by atoms with Crippen molar-refractivity contribution >= 4 is 28.4 Å². The molecule has 2 heterocycles. The first-order chi connectivity index (χ1) is 12.6. The first-order valence-corrected chi connectivity index (χ1v) is 9.26. The zero-order valence-corrected chi connectivity index (χ0v) is 15.6. The van der Waals surface area contributed by atoms with E-state index in [1.807, 2.05) is 47.9 Å². The number of carbonyl (C=O) groups excluding carboxylic acids is 1. The summed E-state index contributed by atoms with van der Waals surface area (Å²) >= 11 is 6.36. The average Bonchev–Trinajstić information content (AvgIpc) is 3.03. The molecule has 4 nitrogen and oxygen atoms in total. The lowest BCUT2D eigenvalue weighted by Gasteiger charge is -2.26. The maximum absolute atomic E-state index is 12.9. The first-order valence-electron chi connectivity index (χ1n) is 8.89. The van der Waals surface area contributed by atoms with E-state index >= 15 is 0 Å². The lowest BCUT2D eigenvalue weighted by Crippen LogP contribution is -2.31. The first kappa shape index (κ1) is 17.0. The molecule has 1 atom stereocenters. The predicted octanol–water partition coefficient (Wildman–Crippen LogP) is 4.70. The summed E-state index contributed by atoms with van der Waals surface area (Å²) in [6.07, 6.45) is 0.939. The number of amides is 1. The Morgan fingerprint density at radius 1 is 1.31 bits per heavy atom. The van der Waals surface area contributed by atoms with Gasteiger partial charge in [-0.05, 0) is 37.1 Å². The molecule has 5 heteroatoms. The van der Waals surface area contributed by atoms with Gasteiger partial charge in [-0.2, -0.15) is 0 Å². The fraction of sp³-hybridized carbons (Fsp3) is 0.286. The number of hydrogen-bond acceptors (Lipinski definition) is 2. The van der Waals surface area contributed by atoms with E-state index in [2.05, 4.69) is 18.3 Å². The van der Waals surface area contributed by atoms with Crippen LogP contribution in [-0.4, -0.2) is 16.6 Å². The SMILES string of the molecule is CC[C@H]1Cn2c(C(=O)NCc3cccc(C)c3)cc3c(Cl)ccc(c32)O1. The van der Waals surface area contributed by atoms with Crippen LogP contribution >= 0.6 is 11.6 Å². The second-order valence-electron chi connectivity index (χ2n) is 6.77. The quantitative estimate of drug-likeness (QED) is 0.725. The minimum absolute atomic E-state index is 0.0580. The van der Waals surface area contributed by atoms with Gasteiger partial charge in [0.25, 0.3) is 5.91 Å². The van der Waals surface area contributed by atoms with Gasteiger partial charge in [0.05, 0.1) is 17.1 Å². The molecule has 0 spiro atoms. The number of ether oxygens (including phenoxy) is 1. The molecule has 1 aliphatic heterocycles. The van der Waals surface area contributed by atoms with Crippen LogP contribution in [0.2, 0.25) is 5.02 Å². The number of nitrogens with one attached hydrogen (secondary N) is 1. The van der Waals surface area contributed by atoms with Crippen molar-refractivity contribution in [3.8, 4) is 5.75 Å². The predicted molar refractivity (Wildman–Crippen MR) is 104 cm³/mol. The topological polar surface area (TPSA) is 43.3 Å². The van der Waals surface area contributed by atoms with E-state index in [0.717, 1.165) is 28.6 Å². The van der Waals surface area contributed by atoms with Gasteiger partial charge in [0.2, 0.25) is 0 Å². The van der Waals surface area contributed by atoms with Crippen LogP contribution in [0.15, 0.2) is 42.5 Å². The number of nitrogens with zero attached hydrogens (tertiary/aromatic N) is 1. The van der Waals surface area contributed by atoms with Gasteiger partial charge in [-0.3, -0.25) is 4.79 Å². The lowest BCUT2D eigenvalue weighted by molar-refractivity contribution is 0.0935. The van der Waals surface area contributed by atoms with Gasteiger partial charge in [-0.1, -0.05) is 48.4 Å². The summed E-state index contributed by atoms with van der Waals surface area (Å²) < 4.78 is 8.07. The number of aromatic nitrogens is 1. The van der Waals surface area contributed by atoms with Crippen LogP contribution in [0.3, 0.4) is 0 Å². The Morgan fingerprint density at radius 3 is 2.92 bits per heavy atom. The molecule has 1 amide bonds. The molecule has 0 radical (unpaired) electrons. The van der Waals surface area contributed by atoms with Crippen LogP contribution in [0.4, 0.5) is 0 Å². The third-order valence-corrected chi connectivity index (χ3v) is 5.20. The molecule has 1 aromatic heterocycles. The molecule has 134 valence electrons. The van der Waals surface area contributed by atoms with E-state index in [0.29, 0.717) is 23.8 Å². The molecule has 0 unspecified atom stereocenters. The van der Waals surface area contributed by atoms with E-state index in [1.165, 1.54) is 5.56 Å². The Hall–Kier alpha value is -2.46. The van der Waals surface area contributed by atoms with Gasteiger partial charge in [-0.15, -0.1) is 0 Å². The van der Waals surface area contributed by atoms with Crippen molar-refractivity contribution in [1.82, 2.24) is 9.88 Å². The minimum Gasteiger partial charge on any atom is -0.486 e. The number of aryl methyl sites for hydroxylation is 1. The maximum atomic E-state index is 12.9. The Bertz CT molecular complexity index is 993. The van der Waals surface area contributed by atoms with Crippen molar-refractivity contribution in [3.63, 3.8) is 0 Å². The number of rotatable bonds is 4. The highest BCUT2D eigenvalue weighted by Crippen LogP contribution is 2.38. The van der Waals surface area contributed by atoms with E-state index < -0.39 is 0 Å². The molecule has 1 aliphatic rings. The van der Waals surface area contributed by atoms with Crippen LogP contribution in [0.25, 0.3) is 10.9 Å². The lowest BCUT2D eigenvalue weighted by atomic mass is 10.1. The van der Waals surface area contributed by atoms with Gasteiger partial charge >= 0.3 is 0 Å². The molecule has 0 bridgehead atoms. The molecule has 3 aromatic rings. The van der Waals surface area contributed by atoms with Crippen molar-refractivity contribution in [2.45, 2.75) is 39.5 Å². The van der Waals surface area contributed by atoms with Crippen molar-refractivity contribution in [3.05, 3.63) is 64.3 Å². The summed E-state index contributed by atoms with van der Waals surface area (Å²) in [6, 6.07) is 13.7. The molecule has 0 saturated carbocycles. The molecular weight excluding hydrogens is 348 g/mol. The molecular formula is C21H21ClN2O2. The van der Waals surface area contributed by atoms with Gasteiger partial charge in [-0.25, -0.2) is 0 Å². The van der Waals surface area contributed by atoms with Crippen LogP contribution in [0, 0.1) is 6.92 Å². The zero-order chi connectivity index (χ0) is 18.3. The molecule has 0 fully saturated rings. The monoisotopic (exact) mass is 368 g/mol. The highest BCUT2D eigenvalue weighted by Gasteiger charge is 2.26. The van der Waals surface area contributed by atoms with Crippen molar-refractivity contribution in [2.75, 3.05) is 0 Å². The third-order valence-electron chi connectivity index (χ3n) is 4.87. The fourth-order valence-corrected chi connectivity index (χ4v) is 3.72. The minimum atomic E-state index is -0.0959. The average molecular weight is 369 g/mol. The number of hydrogen-bond donors (Lipinski definition) is 1. The maximum Gasteiger partial charge on any atom is 0.268 e. The van der Waals surface area contributed by atoms with E-state index in [1.54, 1.807) is 0 Å². The smallest absolute Gasteiger partial charge is 0.268 e. The van der Waals surface area contributed by atoms with Gasteiger partial charge in [0, 0.05) is 11.9 Å². The van der Waals surface area contributed by atoms with Gasteiger partial charge in [0.15, 0.2) is 0 Å². The molecule has 0 saturated heterocycles. The Labute approximate surface area is 157 Å². The second kappa shape index (κ2) is 6.69. The normalized spacial score (nSPS) is 15.7. The van der Waals surface area contributed by atoms with E-state index in [4.69, 9.17) is 16.3 Å². The van der Waals surface area contributed by atoms with Crippen LogP contribution < -0.4 is 10.1 Å². The molecule has 26 heavy (non-hydrogen) atoms. The van der Waals surface area contributed by atoms with Crippen molar-refractivity contribution in [2.24, 2.45) is 0 Å². The number of carbonyl (C=O) groups is 1. The molecule has 1 N–H and O–H groups in total. The Kier molecular flexibility index (Phi) is 4.37. The van der Waals surface area contributed by atoms with Crippen molar-refractivity contribution in [1.29, 1.82) is 0 Å². The summed E-state index contributed by atoms with van der Waals surface area (Å²) in [5.41, 5.74) is 3.80. The third kappa shape index (κ3) is 2.95. The van der Waals surface area contributed by atoms with Crippen molar-refractivity contribution < 1.29 is 9.53 Å². The molecule has 4 rings (SSSR count). The summed E-state index contributed by atoms with van der Waals surface area (Å²) in [4.78, 5) is 12.9. The standard InChI is InChI=1S/C21H21ClN2O2/c1-3-15-12-24-18(10-16-17(22)7-8-19(26-15)20(16)24)21(25)23-11-14-6-4-5-13(2)9-14/h4-10,15H,3,11-12H2,1-2H3,(H,23,25)/t15-/m0/s1. The largest absolute Gasteiger partial charge is 0.486 e. The van der Waals surface area contributed by atoms with E-state index in [-0.39, 0.29) is 12.0 Å². The summed E-state index contributed by atoms with van der Waals surface area (Å²) in [7, 11) is 0. The van der Waals surface area contributed by atoms with Crippen LogP contribution in [0.1, 0.15) is 35.0 Å². The van der Waals surface area contributed by atoms with E-state index in [9.17, 15) is 4.79 Å². The Balaban J connectivity index is 1.67. The van der Waals surface area contributed by atoms with Gasteiger partial charge in [0.1, 0.15) is 17.5 Å². The summed E-state index contributed by atoms with van der Waals surface area (Å²) in [6.45, 7) is 5.28. The summed E-state index contributed by atoms with van der Waals surface area (Å²) in [5.74, 6) is 0.696. The number of halogens is 1. The van der Waals surface area contributed by atoms with Crippen LogP contribution in [0.5, 0.6) is 5.75 Å². The zero-order valence-electron chi connectivity index (χ0n) is 14.9. The molecule has 2 aromatic carbocycles. The van der Waals surface area contributed by atoms with Crippen LogP contribution in [-0.2, 0) is 13.1 Å². The second-order valence-corrected chi connectivity index (χ2v) is 7.18. The fourth-order valence-electron chi connectivity index (χ4n) is 3.51. The number of benzene rings is 2. The highest BCUT2D eigenvalue weighted by molar-refractivity contribution is 6.36. The Morgan fingerprint density at radius 2 is 2.15 bits per heavy atom. The summed E-state index contributed by atoms with van der Waals surface area (Å²) in [5, 5.41) is 4.52.